The van der Waals surface area contributed by atoms with Crippen molar-refractivity contribution in [1.29, 1.82) is 0 Å². The van der Waals surface area contributed by atoms with Crippen LogP contribution in [0.15, 0.2) is 12.1 Å². The average Bonchev–Trinajstić information content (AvgIpc) is 2.42. The first kappa shape index (κ1) is 8.85. The van der Waals surface area contributed by atoms with Crippen LogP contribution in [0.1, 0.15) is 5.69 Å². The molecule has 13 heavy (non-hydrogen) atoms. The summed E-state index contributed by atoms with van der Waals surface area (Å²) in [4.78, 5) is 3.03. The molecule has 1 N–H and O–H groups in total. The number of halogens is 3. The van der Waals surface area contributed by atoms with Crippen molar-refractivity contribution < 1.29 is 4.39 Å². The first-order valence-electron chi connectivity index (χ1n) is 3.72. The minimum absolute atomic E-state index is 0.0411. The maximum Gasteiger partial charge on any atom is 0.161 e. The second-order valence-corrected chi connectivity index (χ2v) is 3.69. The Bertz CT molecular complexity index is 476. The monoisotopic (exact) mass is 217 g/mol. The van der Waals surface area contributed by atoms with Gasteiger partial charge in [0.15, 0.2) is 5.82 Å². The fourth-order valence-electron chi connectivity index (χ4n) is 1.32. The summed E-state index contributed by atoms with van der Waals surface area (Å²) in [5, 5.41) is 0.785. The van der Waals surface area contributed by atoms with Crippen molar-refractivity contribution in [3.8, 4) is 0 Å². The average molecular weight is 218 g/mol. The number of nitrogens with one attached hydrogen (secondary N) is 1. The third-order valence-electron chi connectivity index (χ3n) is 1.89. The van der Waals surface area contributed by atoms with Crippen LogP contribution in [0.2, 0.25) is 10.0 Å². The molecular weight excluding hydrogens is 212 g/mol. The normalized spacial score (nSPS) is 11.1. The van der Waals surface area contributed by atoms with E-state index in [4.69, 9.17) is 23.2 Å². The van der Waals surface area contributed by atoms with Crippen molar-refractivity contribution in [1.82, 2.24) is 4.98 Å². The Morgan fingerprint density at radius 3 is 2.69 bits per heavy atom. The Balaban J connectivity index is 2.92. The molecule has 2 rings (SSSR count). The summed E-state index contributed by atoms with van der Waals surface area (Å²) in [5.41, 5.74) is 1.69. The zero-order chi connectivity index (χ0) is 9.59. The molecule has 0 atom stereocenters. The fourth-order valence-corrected chi connectivity index (χ4v) is 1.83. The third-order valence-corrected chi connectivity index (χ3v) is 2.54. The van der Waals surface area contributed by atoms with Crippen molar-refractivity contribution in [2.75, 3.05) is 0 Å². The topological polar surface area (TPSA) is 15.8 Å². The number of fused-ring (bicyclic) bond motifs is 1. The van der Waals surface area contributed by atoms with Gasteiger partial charge in [-0.15, -0.1) is 0 Å². The van der Waals surface area contributed by atoms with Gasteiger partial charge >= 0.3 is 0 Å². The van der Waals surface area contributed by atoms with Gasteiger partial charge in [-0.25, -0.2) is 4.39 Å². The molecule has 1 nitrogen and oxygen atoms in total. The van der Waals surface area contributed by atoms with Crippen LogP contribution in [0.3, 0.4) is 0 Å². The molecule has 1 aromatic carbocycles. The molecule has 0 unspecified atom stereocenters. The van der Waals surface area contributed by atoms with Crippen molar-refractivity contribution in [3.63, 3.8) is 0 Å². The molecule has 68 valence electrons. The quantitative estimate of drug-likeness (QED) is 0.645. The van der Waals surface area contributed by atoms with Crippen LogP contribution < -0.4 is 0 Å². The van der Waals surface area contributed by atoms with Gasteiger partial charge in [0.05, 0.1) is 10.0 Å². The number of aromatic amines is 1. The molecule has 0 aliphatic heterocycles. The molecule has 4 heteroatoms. The van der Waals surface area contributed by atoms with Crippen LogP contribution in [0.5, 0.6) is 0 Å². The van der Waals surface area contributed by atoms with E-state index in [9.17, 15) is 4.39 Å². The van der Waals surface area contributed by atoms with E-state index >= 15 is 0 Å². The Kier molecular flexibility index (Phi) is 1.97. The van der Waals surface area contributed by atoms with E-state index in [1.54, 1.807) is 6.07 Å². The molecule has 0 amide bonds. The van der Waals surface area contributed by atoms with E-state index in [-0.39, 0.29) is 10.0 Å². The zero-order valence-corrected chi connectivity index (χ0v) is 8.30. The first-order chi connectivity index (χ1) is 6.09. The van der Waals surface area contributed by atoms with Crippen molar-refractivity contribution >= 4 is 34.1 Å². The summed E-state index contributed by atoms with van der Waals surface area (Å²) in [5.74, 6) is -0.560. The van der Waals surface area contributed by atoms with Gasteiger partial charge in [0, 0.05) is 16.6 Å². The zero-order valence-electron chi connectivity index (χ0n) is 6.79. The lowest BCUT2D eigenvalue weighted by Crippen LogP contribution is -1.80. The molecule has 0 saturated heterocycles. The van der Waals surface area contributed by atoms with E-state index in [0.717, 1.165) is 11.2 Å². The molecule has 0 radical (unpaired) electrons. The second-order valence-electron chi connectivity index (χ2n) is 2.90. The van der Waals surface area contributed by atoms with Crippen molar-refractivity contribution in [2.24, 2.45) is 0 Å². The first-order valence-corrected chi connectivity index (χ1v) is 4.48. The second kappa shape index (κ2) is 2.89. The van der Waals surface area contributed by atoms with Crippen molar-refractivity contribution in [2.45, 2.75) is 6.92 Å². The number of aryl methyl sites for hydroxylation is 1. The molecule has 0 bridgehead atoms. The van der Waals surface area contributed by atoms with Gasteiger partial charge in [0.1, 0.15) is 0 Å². The minimum atomic E-state index is -0.560. The Morgan fingerprint density at radius 2 is 2.00 bits per heavy atom. The summed E-state index contributed by atoms with van der Waals surface area (Å²) in [7, 11) is 0. The largest absolute Gasteiger partial charge is 0.359 e. The summed E-state index contributed by atoms with van der Waals surface area (Å²) in [6, 6.07) is 3.32. The summed E-state index contributed by atoms with van der Waals surface area (Å²) in [6.07, 6.45) is 0. The van der Waals surface area contributed by atoms with Crippen LogP contribution in [0, 0.1) is 12.7 Å². The van der Waals surface area contributed by atoms with Crippen LogP contribution >= 0.6 is 23.2 Å². The highest BCUT2D eigenvalue weighted by atomic mass is 35.5. The Labute approximate surface area is 84.5 Å². The van der Waals surface area contributed by atoms with E-state index in [1.165, 1.54) is 6.07 Å². The van der Waals surface area contributed by atoms with Crippen LogP contribution in [-0.4, -0.2) is 4.98 Å². The summed E-state index contributed by atoms with van der Waals surface area (Å²) in [6.45, 7) is 1.88. The Hall–Kier alpha value is -0.730. The predicted molar refractivity (Wildman–Crippen MR) is 53.0 cm³/mol. The number of hydrogen-bond acceptors (Lipinski definition) is 0. The van der Waals surface area contributed by atoms with E-state index in [0.29, 0.717) is 5.39 Å². The van der Waals surface area contributed by atoms with E-state index in [1.807, 2.05) is 6.92 Å². The molecule has 0 aliphatic carbocycles. The molecule has 0 spiro atoms. The van der Waals surface area contributed by atoms with E-state index < -0.39 is 5.82 Å². The van der Waals surface area contributed by atoms with Gasteiger partial charge in [-0.1, -0.05) is 23.2 Å². The van der Waals surface area contributed by atoms with Crippen LogP contribution in [0.4, 0.5) is 4.39 Å². The number of benzene rings is 1. The molecule has 0 saturated carbocycles. The number of hydrogen-bond donors (Lipinski definition) is 1. The SMILES string of the molecule is Cc1cc2c(Cl)c(F)c(Cl)cc2[nH]1. The third kappa shape index (κ3) is 1.30. The Morgan fingerprint density at radius 1 is 1.31 bits per heavy atom. The molecule has 0 aliphatic rings. The highest BCUT2D eigenvalue weighted by Crippen LogP contribution is 2.31. The highest BCUT2D eigenvalue weighted by molar-refractivity contribution is 6.38. The summed E-state index contributed by atoms with van der Waals surface area (Å²) >= 11 is 11.4. The predicted octanol–water partition coefficient (Wildman–Crippen LogP) is 3.92. The van der Waals surface area contributed by atoms with Gasteiger partial charge in [-0.2, -0.15) is 0 Å². The standard InChI is InChI=1S/C9H6Cl2FN/c1-4-2-5-7(13-4)3-6(10)9(12)8(5)11/h2-3,13H,1H3. The fraction of sp³-hybridized carbons (Fsp3) is 0.111. The maximum absolute atomic E-state index is 13.2. The number of rotatable bonds is 0. The lowest BCUT2D eigenvalue weighted by atomic mass is 10.2. The molecular formula is C9H6Cl2FN. The smallest absolute Gasteiger partial charge is 0.161 e. The van der Waals surface area contributed by atoms with Crippen LogP contribution in [0.25, 0.3) is 10.9 Å². The molecule has 0 fully saturated rings. The van der Waals surface area contributed by atoms with Gasteiger partial charge in [0.2, 0.25) is 0 Å². The van der Waals surface area contributed by atoms with Gasteiger partial charge in [0.25, 0.3) is 0 Å². The lowest BCUT2D eigenvalue weighted by molar-refractivity contribution is 0.630. The summed E-state index contributed by atoms with van der Waals surface area (Å²) < 4.78 is 13.2. The van der Waals surface area contributed by atoms with Crippen molar-refractivity contribution in [3.05, 3.63) is 33.7 Å². The number of H-pyrrole nitrogens is 1. The van der Waals surface area contributed by atoms with Gasteiger partial charge in [-0.3, -0.25) is 0 Å². The van der Waals surface area contributed by atoms with E-state index in [2.05, 4.69) is 4.98 Å². The number of aromatic nitrogens is 1. The van der Waals surface area contributed by atoms with Gasteiger partial charge < -0.3 is 4.98 Å². The molecule has 1 aromatic heterocycles. The molecule has 2 aromatic rings. The molecule has 1 heterocycles. The highest BCUT2D eigenvalue weighted by Gasteiger charge is 2.11. The minimum Gasteiger partial charge on any atom is -0.359 e. The van der Waals surface area contributed by atoms with Gasteiger partial charge in [-0.05, 0) is 19.1 Å². The lowest BCUT2D eigenvalue weighted by Gasteiger charge is -1.98. The van der Waals surface area contributed by atoms with Crippen LogP contribution in [-0.2, 0) is 0 Å². The maximum atomic E-state index is 13.2.